The number of hydrogen-bond donors (Lipinski definition) is 0. The van der Waals surface area contributed by atoms with Crippen LogP contribution in [0.25, 0.3) is 0 Å². The van der Waals surface area contributed by atoms with E-state index in [0.29, 0.717) is 6.04 Å². The van der Waals surface area contributed by atoms with Crippen LogP contribution in [0.4, 0.5) is 0 Å². The second-order valence-electron chi connectivity index (χ2n) is 3.68. The van der Waals surface area contributed by atoms with Gasteiger partial charge in [0.15, 0.2) is 0 Å². The summed E-state index contributed by atoms with van der Waals surface area (Å²) in [6.07, 6.45) is 1.85. The van der Waals surface area contributed by atoms with E-state index >= 15 is 0 Å². The summed E-state index contributed by atoms with van der Waals surface area (Å²) in [6, 6.07) is 0.630. The number of hydrogen-bond acceptors (Lipinski definition) is 4. The molecule has 0 spiro atoms. The third kappa shape index (κ3) is 2.95. The van der Waals surface area contributed by atoms with Gasteiger partial charge in [0.1, 0.15) is 0 Å². The largest absolute Gasteiger partial charge is 0.292 e. The van der Waals surface area contributed by atoms with Crippen molar-refractivity contribution in [3.8, 4) is 0 Å². The fraction of sp³-hybridized carbons (Fsp3) is 0.778. The molecule has 1 fully saturated rings. The highest BCUT2D eigenvalue weighted by atomic mass is 79.9. The highest BCUT2D eigenvalue weighted by molar-refractivity contribution is 9.09. The highest BCUT2D eigenvalue weighted by Gasteiger charge is 2.22. The van der Waals surface area contributed by atoms with Crippen molar-refractivity contribution < 1.29 is 0 Å². The summed E-state index contributed by atoms with van der Waals surface area (Å²) in [5.74, 6) is 2.44. The van der Waals surface area contributed by atoms with E-state index in [-0.39, 0.29) is 0 Å². The average molecular weight is 291 g/mol. The predicted molar refractivity (Wildman–Crippen MR) is 66.3 cm³/mol. The van der Waals surface area contributed by atoms with Gasteiger partial charge in [-0.15, -0.1) is 0 Å². The molecule has 6 heteroatoms. The molecule has 84 valence electrons. The molecule has 1 aromatic rings. The number of aryl methyl sites for hydroxylation is 1. The van der Waals surface area contributed by atoms with Crippen LogP contribution in [0.15, 0.2) is 6.20 Å². The molecule has 0 N–H and O–H groups in total. The molecule has 0 radical (unpaired) electrons. The van der Waals surface area contributed by atoms with Crippen molar-refractivity contribution in [3.63, 3.8) is 0 Å². The van der Waals surface area contributed by atoms with Crippen LogP contribution in [-0.4, -0.2) is 49.3 Å². The van der Waals surface area contributed by atoms with Crippen molar-refractivity contribution in [1.29, 1.82) is 0 Å². The van der Waals surface area contributed by atoms with Gasteiger partial charge >= 0.3 is 0 Å². The lowest BCUT2D eigenvalue weighted by Crippen LogP contribution is -2.42. The van der Waals surface area contributed by atoms with Crippen molar-refractivity contribution in [1.82, 2.24) is 19.9 Å². The monoisotopic (exact) mass is 290 g/mol. The molecule has 2 heterocycles. The first-order chi connectivity index (χ1) is 7.29. The maximum absolute atomic E-state index is 4.32. The van der Waals surface area contributed by atoms with Gasteiger partial charge in [0, 0.05) is 43.0 Å². The van der Waals surface area contributed by atoms with Crippen LogP contribution in [0.5, 0.6) is 0 Å². The minimum absolute atomic E-state index is 0.630. The Hall–Kier alpha value is -0.0700. The molecule has 1 aliphatic rings. The maximum Gasteiger partial charge on any atom is 0.0967 e. The molecule has 0 aliphatic carbocycles. The fourth-order valence-corrected chi connectivity index (χ4v) is 3.78. The Morgan fingerprint density at radius 1 is 1.67 bits per heavy atom. The zero-order valence-electron chi connectivity index (χ0n) is 8.77. The zero-order valence-corrected chi connectivity index (χ0v) is 11.2. The van der Waals surface area contributed by atoms with Crippen LogP contribution in [0, 0.1) is 0 Å². The molecule has 0 amide bonds. The van der Waals surface area contributed by atoms with Crippen LogP contribution in [0.2, 0.25) is 0 Å². The standard InChI is InChI=1S/C9H15BrN4S/c1-13-11-5-8(12-13)6-14-2-3-15-7-9(14)4-10/h5,9H,2-4,6-7H2,1H3. The quantitative estimate of drug-likeness (QED) is 0.782. The van der Waals surface area contributed by atoms with Crippen molar-refractivity contribution in [2.24, 2.45) is 7.05 Å². The summed E-state index contributed by atoms with van der Waals surface area (Å²) in [4.78, 5) is 4.10. The first-order valence-electron chi connectivity index (χ1n) is 5.02. The Bertz CT molecular complexity index is 317. The lowest BCUT2D eigenvalue weighted by atomic mass is 10.3. The summed E-state index contributed by atoms with van der Waals surface area (Å²) in [5.41, 5.74) is 1.07. The molecule has 1 atom stereocenters. The van der Waals surface area contributed by atoms with Gasteiger partial charge in [-0.2, -0.15) is 26.8 Å². The molecule has 1 unspecified atom stereocenters. The number of thioether (sulfide) groups is 1. The van der Waals surface area contributed by atoms with Crippen LogP contribution in [-0.2, 0) is 13.6 Å². The summed E-state index contributed by atoms with van der Waals surface area (Å²) in [6.45, 7) is 2.07. The van der Waals surface area contributed by atoms with Crippen molar-refractivity contribution >= 4 is 27.7 Å². The van der Waals surface area contributed by atoms with Gasteiger partial charge < -0.3 is 0 Å². The zero-order chi connectivity index (χ0) is 10.7. The van der Waals surface area contributed by atoms with E-state index in [0.717, 1.165) is 24.1 Å². The Kier molecular flexibility index (Phi) is 4.05. The number of alkyl halides is 1. The SMILES string of the molecule is Cn1ncc(CN2CCSCC2CBr)n1. The summed E-state index contributed by atoms with van der Waals surface area (Å²) in [5, 5.41) is 9.45. The third-order valence-electron chi connectivity index (χ3n) is 2.54. The molecule has 1 saturated heterocycles. The number of rotatable bonds is 3. The summed E-state index contributed by atoms with van der Waals surface area (Å²) < 4.78 is 0. The molecule has 1 aromatic heterocycles. The van der Waals surface area contributed by atoms with Crippen molar-refractivity contribution in [2.45, 2.75) is 12.6 Å². The van der Waals surface area contributed by atoms with Gasteiger partial charge in [-0.1, -0.05) is 15.9 Å². The molecule has 0 bridgehead atoms. The Balaban J connectivity index is 1.97. The third-order valence-corrected chi connectivity index (χ3v) is 4.38. The van der Waals surface area contributed by atoms with Gasteiger partial charge in [-0.25, -0.2) is 0 Å². The van der Waals surface area contributed by atoms with Crippen LogP contribution in [0.3, 0.4) is 0 Å². The molecular formula is C9H15BrN4S. The second kappa shape index (κ2) is 5.32. The first-order valence-corrected chi connectivity index (χ1v) is 7.30. The molecule has 1 aliphatic heterocycles. The van der Waals surface area contributed by atoms with Crippen LogP contribution >= 0.6 is 27.7 Å². The maximum atomic E-state index is 4.32. The number of aromatic nitrogens is 3. The van der Waals surface area contributed by atoms with E-state index in [9.17, 15) is 0 Å². The van der Waals surface area contributed by atoms with Gasteiger partial charge in [0.25, 0.3) is 0 Å². The fourth-order valence-electron chi connectivity index (χ4n) is 1.71. The van der Waals surface area contributed by atoms with E-state index in [4.69, 9.17) is 0 Å². The minimum atomic E-state index is 0.630. The first kappa shape index (κ1) is 11.4. The van der Waals surface area contributed by atoms with E-state index in [1.54, 1.807) is 4.80 Å². The van der Waals surface area contributed by atoms with Gasteiger partial charge in [-0.3, -0.25) is 4.90 Å². The molecule has 0 saturated carbocycles. The molecule has 15 heavy (non-hydrogen) atoms. The van der Waals surface area contributed by atoms with Gasteiger partial charge in [0.2, 0.25) is 0 Å². The Morgan fingerprint density at radius 2 is 2.53 bits per heavy atom. The van der Waals surface area contributed by atoms with Crippen molar-refractivity contribution in [2.75, 3.05) is 23.4 Å². The Labute approximate surface area is 103 Å². The molecule has 0 aromatic carbocycles. The van der Waals surface area contributed by atoms with E-state index in [2.05, 4.69) is 31.0 Å². The number of nitrogens with zero attached hydrogens (tertiary/aromatic N) is 4. The van der Waals surface area contributed by atoms with Crippen LogP contribution < -0.4 is 0 Å². The van der Waals surface area contributed by atoms with E-state index < -0.39 is 0 Å². The molecule has 4 nitrogen and oxygen atoms in total. The number of halogens is 1. The lowest BCUT2D eigenvalue weighted by molar-refractivity contribution is 0.225. The van der Waals surface area contributed by atoms with Gasteiger partial charge in [0.05, 0.1) is 11.9 Å². The molecule has 2 rings (SSSR count). The lowest BCUT2D eigenvalue weighted by Gasteiger charge is -2.33. The Morgan fingerprint density at radius 3 is 3.20 bits per heavy atom. The molecular weight excluding hydrogens is 276 g/mol. The van der Waals surface area contributed by atoms with Crippen molar-refractivity contribution in [3.05, 3.63) is 11.9 Å². The highest BCUT2D eigenvalue weighted by Crippen LogP contribution is 2.19. The predicted octanol–water partition coefficient (Wildman–Crippen LogP) is 1.13. The summed E-state index contributed by atoms with van der Waals surface area (Å²) >= 11 is 5.61. The minimum Gasteiger partial charge on any atom is -0.292 e. The summed E-state index contributed by atoms with van der Waals surface area (Å²) in [7, 11) is 1.86. The topological polar surface area (TPSA) is 34.0 Å². The van der Waals surface area contributed by atoms with E-state index in [1.165, 1.54) is 11.5 Å². The average Bonchev–Trinajstić information content (AvgIpc) is 2.65. The normalized spacial score (nSPS) is 23.2. The van der Waals surface area contributed by atoms with Crippen LogP contribution in [0.1, 0.15) is 5.69 Å². The second-order valence-corrected chi connectivity index (χ2v) is 5.48. The smallest absolute Gasteiger partial charge is 0.0967 e. The van der Waals surface area contributed by atoms with E-state index in [1.807, 2.05) is 25.0 Å². The van der Waals surface area contributed by atoms with Gasteiger partial charge in [-0.05, 0) is 0 Å².